The zero-order valence-electron chi connectivity index (χ0n) is 27.9. The molecule has 0 saturated carbocycles. The molecule has 0 aliphatic carbocycles. The molecule has 0 spiro atoms. The van der Waals surface area contributed by atoms with Gasteiger partial charge in [-0.15, -0.1) is 0 Å². The van der Waals surface area contributed by atoms with Crippen LogP contribution < -0.4 is 5.32 Å². The van der Waals surface area contributed by atoms with Gasteiger partial charge in [0.25, 0.3) is 0 Å². The van der Waals surface area contributed by atoms with Crippen molar-refractivity contribution < 1.29 is 23.7 Å². The van der Waals surface area contributed by atoms with Crippen molar-refractivity contribution >= 4 is 6.09 Å². The number of nitrogens with one attached hydrogen (secondary N) is 1. The van der Waals surface area contributed by atoms with Crippen molar-refractivity contribution in [3.63, 3.8) is 0 Å². The van der Waals surface area contributed by atoms with Crippen LogP contribution in [0.3, 0.4) is 0 Å². The highest BCUT2D eigenvalue weighted by atomic mass is 16.6. The van der Waals surface area contributed by atoms with E-state index in [4.69, 9.17) is 18.9 Å². The molecule has 1 aliphatic rings. The van der Waals surface area contributed by atoms with Crippen molar-refractivity contribution in [2.75, 3.05) is 6.54 Å². The Balaban J connectivity index is 1.55. The fourth-order valence-corrected chi connectivity index (χ4v) is 5.94. The van der Waals surface area contributed by atoms with Gasteiger partial charge in [-0.25, -0.2) is 4.79 Å². The van der Waals surface area contributed by atoms with Crippen molar-refractivity contribution in [1.82, 2.24) is 10.2 Å². The average Bonchev–Trinajstić information content (AvgIpc) is 3.09. The molecular formula is C40H45N3O5. The lowest BCUT2D eigenvalue weighted by Gasteiger charge is -2.51. The molecule has 1 heterocycles. The summed E-state index contributed by atoms with van der Waals surface area (Å²) in [6, 6.07) is 41.1. The number of amides is 1. The van der Waals surface area contributed by atoms with Gasteiger partial charge in [0.1, 0.15) is 30.0 Å². The second kappa shape index (κ2) is 17.0. The largest absolute Gasteiger partial charge is 0.444 e. The van der Waals surface area contributed by atoms with Crippen LogP contribution in [-0.4, -0.2) is 53.5 Å². The zero-order chi connectivity index (χ0) is 33.8. The van der Waals surface area contributed by atoms with E-state index in [-0.39, 0.29) is 6.54 Å². The monoisotopic (exact) mass is 647 g/mol. The van der Waals surface area contributed by atoms with Crippen LogP contribution >= 0.6 is 0 Å². The van der Waals surface area contributed by atoms with Crippen molar-refractivity contribution in [1.29, 1.82) is 5.26 Å². The molecule has 1 fully saturated rings. The Morgan fingerprint density at radius 1 is 0.667 bits per heavy atom. The second-order valence-electron chi connectivity index (χ2n) is 13.0. The van der Waals surface area contributed by atoms with E-state index < -0.39 is 42.1 Å². The van der Waals surface area contributed by atoms with Gasteiger partial charge in [0.15, 0.2) is 0 Å². The molecule has 48 heavy (non-hydrogen) atoms. The maximum atomic E-state index is 13.0. The highest BCUT2D eigenvalue weighted by Gasteiger charge is 2.52. The molecule has 1 amide bonds. The van der Waals surface area contributed by atoms with Gasteiger partial charge < -0.3 is 24.3 Å². The molecule has 1 aliphatic heterocycles. The molecule has 0 radical (unpaired) electrons. The van der Waals surface area contributed by atoms with Gasteiger partial charge in [-0.05, 0) is 43.0 Å². The summed E-state index contributed by atoms with van der Waals surface area (Å²) in [6.45, 7) is 6.97. The van der Waals surface area contributed by atoms with Gasteiger partial charge in [-0.3, -0.25) is 4.90 Å². The van der Waals surface area contributed by atoms with Crippen molar-refractivity contribution in [2.45, 2.75) is 83.1 Å². The smallest absolute Gasteiger partial charge is 0.407 e. The van der Waals surface area contributed by atoms with Crippen LogP contribution in [0.4, 0.5) is 4.79 Å². The number of rotatable bonds is 13. The first-order valence-corrected chi connectivity index (χ1v) is 16.4. The number of carbonyl (C=O) groups excluding carboxylic acids is 1. The lowest BCUT2D eigenvalue weighted by atomic mass is 9.86. The number of hydrogen-bond acceptors (Lipinski definition) is 7. The van der Waals surface area contributed by atoms with Crippen molar-refractivity contribution in [3.05, 3.63) is 144 Å². The number of likely N-dealkylation sites (tertiary alicyclic amines) is 1. The first kappa shape index (κ1) is 34.8. The van der Waals surface area contributed by atoms with E-state index in [1.165, 1.54) is 0 Å². The Hall–Kier alpha value is -4.52. The van der Waals surface area contributed by atoms with E-state index in [1.807, 2.05) is 142 Å². The van der Waals surface area contributed by atoms with Crippen LogP contribution in [0.25, 0.3) is 0 Å². The van der Waals surface area contributed by atoms with Crippen LogP contribution in [0.5, 0.6) is 0 Å². The summed E-state index contributed by atoms with van der Waals surface area (Å²) in [5.74, 6) is 0. The summed E-state index contributed by atoms with van der Waals surface area (Å²) in [5.41, 5.74) is 3.33. The Labute approximate surface area is 284 Å². The van der Waals surface area contributed by atoms with E-state index in [0.29, 0.717) is 26.4 Å². The van der Waals surface area contributed by atoms with Gasteiger partial charge >= 0.3 is 6.09 Å². The summed E-state index contributed by atoms with van der Waals surface area (Å²) in [7, 11) is 0. The third-order valence-corrected chi connectivity index (χ3v) is 8.17. The van der Waals surface area contributed by atoms with Crippen molar-refractivity contribution in [3.8, 4) is 6.07 Å². The number of alkyl carbamates (subject to hydrolysis) is 1. The van der Waals surface area contributed by atoms with Crippen LogP contribution in [0, 0.1) is 11.3 Å². The Bertz CT molecular complexity index is 1580. The molecule has 4 aromatic carbocycles. The summed E-state index contributed by atoms with van der Waals surface area (Å²) in [4.78, 5) is 15.1. The number of ether oxygens (including phenoxy) is 4. The van der Waals surface area contributed by atoms with Crippen LogP contribution in [0.1, 0.15) is 43.0 Å². The predicted octanol–water partition coefficient (Wildman–Crippen LogP) is 7.04. The highest BCUT2D eigenvalue weighted by molar-refractivity contribution is 5.67. The predicted molar refractivity (Wildman–Crippen MR) is 184 cm³/mol. The van der Waals surface area contributed by atoms with Gasteiger partial charge in [-0.2, -0.15) is 5.26 Å². The second-order valence-corrected chi connectivity index (χ2v) is 13.0. The quantitative estimate of drug-likeness (QED) is 0.166. The summed E-state index contributed by atoms with van der Waals surface area (Å²) >= 11 is 0. The SMILES string of the molecule is CC(C)(C)OC(=O)NC[C@@H]1[C@@H](OCc2ccccc2)[C@H](OCc2ccccc2)[C@@H](OCc2ccccc2)[C@@H](C#N)N1Cc1ccccc1. The number of hydrogen-bond donors (Lipinski definition) is 1. The minimum atomic E-state index is -0.725. The zero-order valence-corrected chi connectivity index (χ0v) is 27.9. The summed E-state index contributed by atoms with van der Waals surface area (Å²) < 4.78 is 25.9. The van der Waals surface area contributed by atoms with Crippen LogP contribution in [-0.2, 0) is 45.3 Å². The van der Waals surface area contributed by atoms with E-state index >= 15 is 0 Å². The van der Waals surface area contributed by atoms with E-state index in [9.17, 15) is 10.1 Å². The maximum Gasteiger partial charge on any atom is 0.407 e. The Morgan fingerprint density at radius 3 is 1.52 bits per heavy atom. The number of nitrogens with zero attached hydrogens (tertiary/aromatic N) is 2. The fraction of sp³-hybridized carbons (Fsp3) is 0.350. The van der Waals surface area contributed by atoms with E-state index in [1.54, 1.807) is 0 Å². The lowest BCUT2D eigenvalue weighted by Crippen LogP contribution is -2.69. The minimum Gasteiger partial charge on any atom is -0.444 e. The highest BCUT2D eigenvalue weighted by Crippen LogP contribution is 2.34. The first-order chi connectivity index (χ1) is 23.3. The van der Waals surface area contributed by atoms with E-state index in [0.717, 1.165) is 22.3 Å². The summed E-state index contributed by atoms with van der Waals surface area (Å²) in [6.07, 6.45) is -2.47. The molecule has 1 saturated heterocycles. The molecule has 4 aromatic rings. The number of piperidine rings is 1. The molecule has 8 nitrogen and oxygen atoms in total. The average molecular weight is 648 g/mol. The number of benzene rings is 4. The number of carbonyl (C=O) groups is 1. The third-order valence-electron chi connectivity index (χ3n) is 8.17. The number of nitriles is 1. The molecule has 5 atom stereocenters. The van der Waals surface area contributed by atoms with Gasteiger partial charge in [0.05, 0.1) is 31.9 Å². The third kappa shape index (κ3) is 9.99. The molecular weight excluding hydrogens is 602 g/mol. The molecule has 0 unspecified atom stereocenters. The fourth-order valence-electron chi connectivity index (χ4n) is 5.94. The minimum absolute atomic E-state index is 0.163. The van der Waals surface area contributed by atoms with Crippen LogP contribution in [0.15, 0.2) is 121 Å². The topological polar surface area (TPSA) is 93.0 Å². The van der Waals surface area contributed by atoms with Crippen molar-refractivity contribution in [2.24, 2.45) is 0 Å². The summed E-state index contributed by atoms with van der Waals surface area (Å²) in [5, 5.41) is 13.8. The molecule has 250 valence electrons. The first-order valence-electron chi connectivity index (χ1n) is 16.4. The molecule has 1 N–H and O–H groups in total. The molecule has 0 bridgehead atoms. The standard InChI is InChI=1S/C40H45N3O5/c1-40(2,3)48-39(44)42-25-35-37(46-28-32-20-12-6-13-21-32)38(47-29-33-22-14-7-15-23-33)36(45-27-31-18-10-5-11-19-31)34(24-41)43(35)26-30-16-8-4-9-17-30/h4-23,34-38H,25-29H2,1-3H3,(H,42,44)/t34-,35-,36+,37-,38-/m1/s1. The molecule has 0 aromatic heterocycles. The van der Waals surface area contributed by atoms with Crippen LogP contribution in [0.2, 0.25) is 0 Å². The molecule has 5 rings (SSSR count). The Kier molecular flexibility index (Phi) is 12.4. The maximum absolute atomic E-state index is 13.0. The van der Waals surface area contributed by atoms with Gasteiger partial charge in [0, 0.05) is 13.1 Å². The lowest BCUT2D eigenvalue weighted by molar-refractivity contribution is -0.215. The van der Waals surface area contributed by atoms with E-state index in [2.05, 4.69) is 16.3 Å². The Morgan fingerprint density at radius 2 is 1.08 bits per heavy atom. The van der Waals surface area contributed by atoms with Gasteiger partial charge in [0.2, 0.25) is 0 Å². The normalized spacial score (nSPS) is 21.2. The molecule has 8 heteroatoms. The van der Waals surface area contributed by atoms with Gasteiger partial charge in [-0.1, -0.05) is 121 Å².